The minimum atomic E-state index is -0.346. The summed E-state index contributed by atoms with van der Waals surface area (Å²) in [6.07, 6.45) is 0. The number of para-hydroxylation sites is 1. The molecule has 1 amide bonds. The topological polar surface area (TPSA) is 87.1 Å². The van der Waals surface area contributed by atoms with E-state index in [2.05, 4.69) is 16.4 Å². The molecule has 0 fully saturated rings. The van der Waals surface area contributed by atoms with Crippen LogP contribution in [0, 0.1) is 22.9 Å². The van der Waals surface area contributed by atoms with Crippen molar-refractivity contribution >= 4 is 23.8 Å². The predicted octanol–water partition coefficient (Wildman–Crippen LogP) is 4.86. The number of aromatic nitrogens is 1. The maximum atomic E-state index is 13.2. The molecule has 2 N–H and O–H groups in total. The highest BCUT2D eigenvalue weighted by Crippen LogP contribution is 2.36. The van der Waals surface area contributed by atoms with E-state index in [0.717, 1.165) is 0 Å². The number of ether oxygens (including phenoxy) is 2. The molecule has 0 aliphatic carbocycles. The summed E-state index contributed by atoms with van der Waals surface area (Å²) < 4.78 is 10.9. The lowest BCUT2D eigenvalue weighted by Crippen LogP contribution is -2.17. The Morgan fingerprint density at radius 1 is 1.10 bits per heavy atom. The lowest BCUT2D eigenvalue weighted by atomic mass is 9.94. The van der Waals surface area contributed by atoms with Crippen molar-refractivity contribution in [1.82, 2.24) is 4.98 Å². The van der Waals surface area contributed by atoms with Gasteiger partial charge >= 0.3 is 0 Å². The highest BCUT2D eigenvalue weighted by Gasteiger charge is 2.22. The van der Waals surface area contributed by atoms with Gasteiger partial charge in [-0.15, -0.1) is 0 Å². The first-order valence-corrected chi connectivity index (χ1v) is 9.16. The first kappa shape index (κ1) is 20.1. The monoisotopic (exact) mass is 405 g/mol. The molecular formula is C22H19N3O3S. The minimum Gasteiger partial charge on any atom is -0.493 e. The molecule has 0 saturated heterocycles. The third-order valence-electron chi connectivity index (χ3n) is 4.45. The summed E-state index contributed by atoms with van der Waals surface area (Å²) >= 11 is 5.35. The summed E-state index contributed by atoms with van der Waals surface area (Å²) in [6.45, 7) is 1.75. The van der Waals surface area contributed by atoms with Crippen LogP contribution in [0.3, 0.4) is 0 Å². The third kappa shape index (κ3) is 3.98. The van der Waals surface area contributed by atoms with Crippen LogP contribution in [0.25, 0.3) is 11.1 Å². The van der Waals surface area contributed by atoms with Crippen LogP contribution >= 0.6 is 12.2 Å². The Labute approximate surface area is 173 Å². The number of nitrogens with one attached hydrogen (secondary N) is 2. The number of hydrogen-bond donors (Lipinski definition) is 2. The Morgan fingerprint density at radius 3 is 2.41 bits per heavy atom. The van der Waals surface area contributed by atoms with Crippen LogP contribution in [-0.2, 0) is 0 Å². The number of rotatable bonds is 5. The zero-order valence-electron chi connectivity index (χ0n) is 16.2. The van der Waals surface area contributed by atoms with E-state index in [-0.39, 0.29) is 16.1 Å². The summed E-state index contributed by atoms with van der Waals surface area (Å²) in [5.74, 6) is 0.684. The average Bonchev–Trinajstić information content (AvgIpc) is 2.73. The Morgan fingerprint density at radius 2 is 1.79 bits per heavy atom. The molecular weight excluding hydrogens is 386 g/mol. The molecule has 0 saturated carbocycles. The number of pyridine rings is 1. The fraction of sp³-hybridized carbons (Fsp3) is 0.136. The van der Waals surface area contributed by atoms with Gasteiger partial charge in [-0.1, -0.05) is 36.5 Å². The molecule has 0 aliphatic rings. The van der Waals surface area contributed by atoms with Gasteiger partial charge in [0.15, 0.2) is 11.5 Å². The number of aryl methyl sites for hydroxylation is 1. The van der Waals surface area contributed by atoms with Gasteiger partial charge < -0.3 is 19.8 Å². The summed E-state index contributed by atoms with van der Waals surface area (Å²) in [5, 5.41) is 12.6. The van der Waals surface area contributed by atoms with Crippen LogP contribution in [0.5, 0.6) is 11.5 Å². The van der Waals surface area contributed by atoms with Crippen molar-refractivity contribution in [3.05, 3.63) is 70.0 Å². The lowest BCUT2D eigenvalue weighted by Gasteiger charge is -2.16. The molecule has 29 heavy (non-hydrogen) atoms. The molecule has 0 radical (unpaired) electrons. The molecule has 0 aliphatic heterocycles. The number of carbonyl (C=O) groups is 1. The molecule has 0 atom stereocenters. The van der Waals surface area contributed by atoms with Crippen molar-refractivity contribution in [2.24, 2.45) is 0 Å². The number of nitriles is 1. The van der Waals surface area contributed by atoms with Crippen LogP contribution in [0.4, 0.5) is 5.69 Å². The van der Waals surface area contributed by atoms with E-state index in [1.54, 1.807) is 44.4 Å². The van der Waals surface area contributed by atoms with Gasteiger partial charge in [-0.05, 0) is 36.8 Å². The number of H-pyrrole nitrogens is 1. The van der Waals surface area contributed by atoms with Crippen molar-refractivity contribution in [1.29, 1.82) is 5.26 Å². The standard InChI is InChI=1S/C22H19N3O3S/c1-13-19(21(26)25-15-7-5-4-6-8-15)20(16(12-23)22(29)24-13)14-9-10-17(27-2)18(11-14)28-3/h4-11H,1-3H3,(H,24,29)(H,25,26). The fourth-order valence-electron chi connectivity index (χ4n) is 3.11. The number of aromatic amines is 1. The van der Waals surface area contributed by atoms with E-state index in [1.807, 2.05) is 18.2 Å². The third-order valence-corrected chi connectivity index (χ3v) is 4.75. The zero-order valence-corrected chi connectivity index (χ0v) is 17.0. The van der Waals surface area contributed by atoms with Crippen molar-refractivity contribution < 1.29 is 14.3 Å². The van der Waals surface area contributed by atoms with Crippen LogP contribution in [0.2, 0.25) is 0 Å². The van der Waals surface area contributed by atoms with E-state index in [1.165, 1.54) is 7.11 Å². The first-order valence-electron chi connectivity index (χ1n) is 8.76. The SMILES string of the molecule is COc1ccc(-c2c(C(=O)Nc3ccccc3)c(C)[nH]c(=S)c2C#N)cc1OC. The fourth-order valence-corrected chi connectivity index (χ4v) is 3.41. The summed E-state index contributed by atoms with van der Waals surface area (Å²) in [7, 11) is 3.07. The van der Waals surface area contributed by atoms with Gasteiger partial charge in [-0.25, -0.2) is 0 Å². The van der Waals surface area contributed by atoms with Crippen LogP contribution in [0.1, 0.15) is 21.6 Å². The second-order valence-corrected chi connectivity index (χ2v) is 6.61. The normalized spacial score (nSPS) is 10.1. The predicted molar refractivity (Wildman–Crippen MR) is 114 cm³/mol. The zero-order chi connectivity index (χ0) is 21.0. The molecule has 3 rings (SSSR count). The quantitative estimate of drug-likeness (QED) is 0.592. The molecule has 7 heteroatoms. The minimum absolute atomic E-state index is 0.219. The van der Waals surface area contributed by atoms with Crippen LogP contribution < -0.4 is 14.8 Å². The number of methoxy groups -OCH3 is 2. The van der Waals surface area contributed by atoms with Gasteiger partial charge in [0.25, 0.3) is 5.91 Å². The molecule has 2 aromatic carbocycles. The maximum Gasteiger partial charge on any atom is 0.258 e. The number of hydrogen-bond acceptors (Lipinski definition) is 5. The molecule has 0 spiro atoms. The van der Waals surface area contributed by atoms with Crippen LogP contribution in [0.15, 0.2) is 48.5 Å². The maximum absolute atomic E-state index is 13.2. The van der Waals surface area contributed by atoms with Crippen molar-refractivity contribution in [3.63, 3.8) is 0 Å². The second-order valence-electron chi connectivity index (χ2n) is 6.21. The number of anilines is 1. The largest absolute Gasteiger partial charge is 0.493 e. The number of amides is 1. The molecule has 3 aromatic rings. The molecule has 0 unspecified atom stereocenters. The first-order chi connectivity index (χ1) is 14.0. The molecule has 6 nitrogen and oxygen atoms in total. The van der Waals surface area contributed by atoms with E-state index in [4.69, 9.17) is 21.7 Å². The Hall–Kier alpha value is -3.63. The van der Waals surface area contributed by atoms with E-state index in [9.17, 15) is 10.1 Å². The van der Waals surface area contributed by atoms with Crippen molar-refractivity contribution in [2.45, 2.75) is 6.92 Å². The van der Waals surface area contributed by atoms with Crippen LogP contribution in [-0.4, -0.2) is 25.1 Å². The highest BCUT2D eigenvalue weighted by atomic mass is 32.1. The highest BCUT2D eigenvalue weighted by molar-refractivity contribution is 7.71. The summed E-state index contributed by atoms with van der Waals surface area (Å²) in [5.41, 5.74) is 2.84. The van der Waals surface area contributed by atoms with Gasteiger partial charge in [-0.2, -0.15) is 5.26 Å². The van der Waals surface area contributed by atoms with Gasteiger partial charge in [-0.3, -0.25) is 4.79 Å². The van der Waals surface area contributed by atoms with E-state index >= 15 is 0 Å². The van der Waals surface area contributed by atoms with Gasteiger partial charge in [0, 0.05) is 16.9 Å². The van der Waals surface area contributed by atoms with Crippen molar-refractivity contribution in [2.75, 3.05) is 19.5 Å². The van der Waals surface area contributed by atoms with E-state index < -0.39 is 0 Å². The van der Waals surface area contributed by atoms with Gasteiger partial charge in [0.05, 0.1) is 25.3 Å². The molecule has 1 aromatic heterocycles. The number of nitrogens with zero attached hydrogens (tertiary/aromatic N) is 1. The lowest BCUT2D eigenvalue weighted by molar-refractivity contribution is 0.102. The van der Waals surface area contributed by atoms with Gasteiger partial charge in [0.2, 0.25) is 0 Å². The Balaban J connectivity index is 2.24. The summed E-state index contributed by atoms with van der Waals surface area (Å²) in [6, 6.07) is 16.5. The second kappa shape index (κ2) is 8.59. The van der Waals surface area contributed by atoms with Gasteiger partial charge in [0.1, 0.15) is 10.7 Å². The molecule has 0 bridgehead atoms. The van der Waals surface area contributed by atoms with E-state index in [0.29, 0.717) is 39.6 Å². The number of carbonyl (C=O) groups excluding carboxylic acids is 1. The Kier molecular flexibility index (Phi) is 5.96. The Bertz CT molecular complexity index is 1160. The average molecular weight is 405 g/mol. The summed E-state index contributed by atoms with van der Waals surface area (Å²) in [4.78, 5) is 16.1. The molecule has 146 valence electrons. The smallest absolute Gasteiger partial charge is 0.258 e. The van der Waals surface area contributed by atoms with Crippen molar-refractivity contribution in [3.8, 4) is 28.7 Å². The molecule has 1 heterocycles. The number of benzene rings is 2.